The van der Waals surface area contributed by atoms with Gasteiger partial charge in [0.15, 0.2) is 11.0 Å². The molecule has 6 aromatic rings. The van der Waals surface area contributed by atoms with Crippen LogP contribution in [0.2, 0.25) is 0 Å². The zero-order valence-electron chi connectivity index (χ0n) is 46.4. The number of fused-ring (bicyclic) bond motifs is 2. The van der Waals surface area contributed by atoms with E-state index >= 15 is 0 Å². The highest BCUT2D eigenvalue weighted by molar-refractivity contribution is 7.90. The number of hydrogen-bond acceptors (Lipinski definition) is 14. The fourth-order valence-corrected chi connectivity index (χ4v) is 14.1. The molecule has 0 bridgehead atoms. The Kier molecular flexibility index (Phi) is 18.1. The first kappa shape index (κ1) is 60.6. The van der Waals surface area contributed by atoms with E-state index < -0.39 is 48.6 Å². The molecule has 0 saturated heterocycles. The van der Waals surface area contributed by atoms with Gasteiger partial charge in [-0.3, -0.25) is 14.4 Å². The Bertz CT molecular complexity index is 3410. The number of sulfonamides is 2. The maximum absolute atomic E-state index is 13.4. The van der Waals surface area contributed by atoms with Crippen LogP contribution < -0.4 is 20.1 Å². The molecule has 79 heavy (non-hydrogen) atoms. The summed E-state index contributed by atoms with van der Waals surface area (Å²) in [5.41, 5.74) is 3.78. The third-order valence-electron chi connectivity index (χ3n) is 14.8. The minimum absolute atomic E-state index is 0. The van der Waals surface area contributed by atoms with Crippen molar-refractivity contribution >= 4 is 59.9 Å². The van der Waals surface area contributed by atoms with Gasteiger partial charge in [0, 0.05) is 59.3 Å². The van der Waals surface area contributed by atoms with E-state index in [0.29, 0.717) is 58.0 Å². The van der Waals surface area contributed by atoms with E-state index in [1.165, 1.54) is 50.7 Å². The molecule has 3 fully saturated rings. The summed E-state index contributed by atoms with van der Waals surface area (Å²) < 4.78 is 72.3. The summed E-state index contributed by atoms with van der Waals surface area (Å²) in [6.45, 7) is 19.2. The minimum Gasteiger partial charge on any atom is -0.481 e. The predicted molar refractivity (Wildman–Crippen MR) is 300 cm³/mol. The number of nitrogens with one attached hydrogen (secondary N) is 4. The number of carbonyl (C=O) groups excluding carboxylic acids is 2. The lowest BCUT2D eigenvalue weighted by Crippen LogP contribution is -2.46. The molecule has 0 radical (unpaired) electrons. The Balaban J connectivity index is 0.000000226. The number of benzene rings is 2. The second-order valence-electron chi connectivity index (χ2n) is 24.3. The van der Waals surface area contributed by atoms with Crippen LogP contribution in [0.15, 0.2) is 55.4 Å². The van der Waals surface area contributed by atoms with Crippen LogP contribution in [-0.2, 0) is 37.9 Å². The van der Waals surface area contributed by atoms with Crippen molar-refractivity contribution < 1.29 is 50.7 Å². The van der Waals surface area contributed by atoms with Gasteiger partial charge in [-0.15, -0.1) is 0 Å². The molecule has 6 N–H and O–H groups in total. The minimum atomic E-state index is -3.91. The molecule has 4 heterocycles. The molecule has 21 nitrogen and oxygen atoms in total. The first-order valence-electron chi connectivity index (χ1n) is 27.0. The van der Waals surface area contributed by atoms with E-state index in [0.717, 1.165) is 61.5 Å². The van der Waals surface area contributed by atoms with Crippen LogP contribution >= 0.6 is 0 Å². The Morgan fingerprint density at radius 3 is 1.39 bits per heavy atom. The lowest BCUT2D eigenvalue weighted by molar-refractivity contribution is -0.145. The summed E-state index contributed by atoms with van der Waals surface area (Å²) in [5, 5.41) is 41.1. The first-order chi connectivity index (χ1) is 36.5. The summed E-state index contributed by atoms with van der Waals surface area (Å²) in [4.78, 5) is 37.7. The molecule has 3 saturated carbocycles. The van der Waals surface area contributed by atoms with E-state index in [-0.39, 0.29) is 52.7 Å². The summed E-state index contributed by atoms with van der Waals surface area (Å²) in [7, 11) is -7.80. The van der Waals surface area contributed by atoms with Gasteiger partial charge in [0.2, 0.25) is 20.0 Å². The number of aliphatic carboxylic acids is 1. The number of carbonyl (C=O) groups is 3. The fraction of sp³-hybridized carbons (Fsp3) is 0.589. The number of aromatic nitrogens is 6. The van der Waals surface area contributed by atoms with Gasteiger partial charge in [0.25, 0.3) is 11.8 Å². The number of carboxylic acids is 1. The van der Waals surface area contributed by atoms with Gasteiger partial charge in [-0.2, -0.15) is 0 Å². The van der Waals surface area contributed by atoms with Crippen LogP contribution in [0.3, 0.4) is 0 Å². The predicted octanol–water partition coefficient (Wildman–Crippen LogP) is 9.04. The number of amides is 2. The summed E-state index contributed by atoms with van der Waals surface area (Å²) >= 11 is 0. The van der Waals surface area contributed by atoms with E-state index in [1.807, 2.05) is 26.0 Å². The standard InChI is InChI=1S/C28H37N5O6S.C27H39N5O5S.CH4/c1-16-21(26(34)29-19-12-18(13-19)27(35)36)14-22(33(16)15-17-8-6-5-7-9-17)20-10-11-23(25-24(20)30-39-31-25)40(37,38)32-28(2,3)4;1-17-20(25(33)28-16-27(5,6)34)14-21(32(17)15-18-10-8-7-9-11-18)19-12-13-22(24-23(19)29-37-30-24)38(35,36)31-26(2,3)4;/h10-11,14,17-19,32H,5-9,12-13,15H2,1-4H3,(H,29,34)(H,35,36);12-14,18,31,34H,7-11,15-16H2,1-6H3,(H,28,33);1H4. The topological polar surface area (TPSA) is 296 Å². The number of rotatable bonds is 16. The summed E-state index contributed by atoms with van der Waals surface area (Å²) in [6.07, 6.45) is 12.5. The molecular formula is C56H80N10O11S2. The van der Waals surface area contributed by atoms with E-state index in [2.05, 4.69) is 49.8 Å². The lowest BCUT2D eigenvalue weighted by atomic mass is 9.80. The van der Waals surface area contributed by atoms with Gasteiger partial charge in [0.1, 0.15) is 20.8 Å². The SMILES string of the molecule is C.Cc1c(C(=O)NC2CC(C(=O)O)C2)cc(-c2ccc(S(=O)(=O)NC(C)(C)C)c3nonc23)n1CC1CCCCC1.Cc1c(C(=O)NCC(C)(C)O)cc(-c2ccc(S(=O)(=O)NC(C)(C)C)c3nonc23)n1CC1CCCCC1. The van der Waals surface area contributed by atoms with Crippen molar-refractivity contribution in [1.29, 1.82) is 0 Å². The maximum Gasteiger partial charge on any atom is 0.306 e. The van der Waals surface area contributed by atoms with Gasteiger partial charge in [0.05, 0.1) is 34.0 Å². The van der Waals surface area contributed by atoms with Crippen molar-refractivity contribution in [3.8, 4) is 22.5 Å². The molecule has 2 aromatic carbocycles. The number of nitrogens with zero attached hydrogens (tertiary/aromatic N) is 6. The van der Waals surface area contributed by atoms with Crippen molar-refractivity contribution in [3.05, 3.63) is 58.9 Å². The number of aliphatic hydroxyl groups is 1. The van der Waals surface area contributed by atoms with Crippen LogP contribution in [-0.4, -0.2) is 104 Å². The molecule has 0 spiro atoms. The third-order valence-corrected chi connectivity index (χ3v) is 18.4. The van der Waals surface area contributed by atoms with E-state index in [9.17, 15) is 41.4 Å². The number of carboxylic acid groups (broad SMARTS) is 1. The van der Waals surface area contributed by atoms with E-state index in [1.54, 1.807) is 67.5 Å². The average Bonchev–Trinajstić information content (AvgIpc) is 4.16. The fourth-order valence-electron chi connectivity index (χ4n) is 11.0. The Hall–Kier alpha value is -6.01. The molecule has 3 aliphatic carbocycles. The van der Waals surface area contributed by atoms with Crippen molar-refractivity contribution in [1.82, 2.24) is 49.8 Å². The van der Waals surface area contributed by atoms with Crippen molar-refractivity contribution in [2.24, 2.45) is 17.8 Å². The second-order valence-corrected chi connectivity index (χ2v) is 27.6. The third kappa shape index (κ3) is 14.1. The van der Waals surface area contributed by atoms with Crippen LogP contribution in [0.25, 0.3) is 44.6 Å². The Morgan fingerprint density at radius 1 is 0.620 bits per heavy atom. The molecule has 0 aliphatic heterocycles. The molecule has 23 heteroatoms. The molecule has 0 atom stereocenters. The monoisotopic (exact) mass is 1130 g/mol. The first-order valence-corrected chi connectivity index (χ1v) is 30.0. The molecule has 2 amide bonds. The zero-order chi connectivity index (χ0) is 56.7. The van der Waals surface area contributed by atoms with Gasteiger partial charge in [-0.05, 0) is 177 Å². The Labute approximate surface area is 463 Å². The van der Waals surface area contributed by atoms with Crippen LogP contribution in [0, 0.1) is 31.6 Å². The van der Waals surface area contributed by atoms with E-state index in [4.69, 9.17) is 9.26 Å². The largest absolute Gasteiger partial charge is 0.481 e. The van der Waals surface area contributed by atoms with Crippen LogP contribution in [0.4, 0.5) is 0 Å². The molecular weight excluding hydrogens is 1050 g/mol. The maximum atomic E-state index is 13.4. The zero-order valence-corrected chi connectivity index (χ0v) is 48.1. The van der Waals surface area contributed by atoms with Gasteiger partial charge >= 0.3 is 5.97 Å². The molecule has 9 rings (SSSR count). The van der Waals surface area contributed by atoms with Crippen LogP contribution in [0.5, 0.6) is 0 Å². The van der Waals surface area contributed by atoms with Gasteiger partial charge in [-0.1, -0.05) is 46.0 Å². The Morgan fingerprint density at radius 2 is 1.01 bits per heavy atom. The summed E-state index contributed by atoms with van der Waals surface area (Å²) in [6, 6.07) is 9.86. The highest BCUT2D eigenvalue weighted by Gasteiger charge is 2.37. The highest BCUT2D eigenvalue weighted by Crippen LogP contribution is 2.39. The van der Waals surface area contributed by atoms with Crippen LogP contribution in [0.1, 0.15) is 172 Å². The van der Waals surface area contributed by atoms with Gasteiger partial charge in [-0.25, -0.2) is 35.5 Å². The quantitative estimate of drug-likeness (QED) is 0.0527. The highest BCUT2D eigenvalue weighted by atomic mass is 32.2. The normalized spacial score (nSPS) is 17.9. The molecule has 0 unspecified atom stereocenters. The van der Waals surface area contributed by atoms with Gasteiger partial charge < -0.3 is 30.0 Å². The van der Waals surface area contributed by atoms with Crippen molar-refractivity contribution in [3.63, 3.8) is 0 Å². The average molecular weight is 1130 g/mol. The molecule has 3 aliphatic rings. The molecule has 4 aromatic heterocycles. The second kappa shape index (κ2) is 23.6. The smallest absolute Gasteiger partial charge is 0.306 e. The number of hydrogen-bond donors (Lipinski definition) is 6. The van der Waals surface area contributed by atoms with Crippen molar-refractivity contribution in [2.45, 2.75) is 199 Å². The van der Waals surface area contributed by atoms with Crippen molar-refractivity contribution in [2.75, 3.05) is 6.54 Å². The summed E-state index contributed by atoms with van der Waals surface area (Å²) in [5.74, 6) is -0.861. The lowest BCUT2D eigenvalue weighted by Gasteiger charge is -2.32. The molecule has 432 valence electrons.